The average molecular weight is 253 g/mol. The molecule has 0 aliphatic rings. The molecule has 1 nitrogen and oxygen atoms in total. The Balaban J connectivity index is 2.19. The zero-order valence-electron chi connectivity index (χ0n) is 10.8. The van der Waals surface area contributed by atoms with Crippen LogP contribution in [0.1, 0.15) is 16.7 Å². The second-order valence-corrected chi connectivity index (χ2v) is 5.77. The summed E-state index contributed by atoms with van der Waals surface area (Å²) in [4.78, 5) is 4.77. The monoisotopic (exact) mass is 253 g/mol. The molecule has 1 aromatic heterocycles. The molecule has 18 heavy (non-hydrogen) atoms. The largest absolute Gasteiger partial charge is 0.236 e. The lowest BCUT2D eigenvalue weighted by Gasteiger charge is -2.01. The third kappa shape index (κ3) is 1.83. The average Bonchev–Trinajstić information content (AvgIpc) is 2.78. The number of fused-ring (bicyclic) bond motifs is 1. The van der Waals surface area contributed by atoms with E-state index in [2.05, 4.69) is 57.2 Å². The van der Waals surface area contributed by atoms with Crippen LogP contribution in [0.25, 0.3) is 20.8 Å². The highest BCUT2D eigenvalue weighted by Gasteiger charge is 2.08. The first-order valence-electron chi connectivity index (χ1n) is 6.09. The van der Waals surface area contributed by atoms with E-state index >= 15 is 0 Å². The van der Waals surface area contributed by atoms with Crippen LogP contribution in [-0.4, -0.2) is 4.98 Å². The Hall–Kier alpha value is -1.67. The van der Waals surface area contributed by atoms with E-state index in [-0.39, 0.29) is 0 Å². The first-order chi connectivity index (χ1) is 8.65. The molecule has 0 saturated heterocycles. The number of para-hydroxylation sites is 1. The number of thiazole rings is 1. The molecule has 0 N–H and O–H groups in total. The highest BCUT2D eigenvalue weighted by atomic mass is 32.1. The molecule has 2 aromatic carbocycles. The Kier molecular flexibility index (Phi) is 2.67. The van der Waals surface area contributed by atoms with Crippen LogP contribution in [0.4, 0.5) is 0 Å². The predicted octanol–water partition coefficient (Wildman–Crippen LogP) is 4.89. The lowest BCUT2D eigenvalue weighted by atomic mass is 10.1. The summed E-state index contributed by atoms with van der Waals surface area (Å²) in [5, 5.41) is 1.11. The summed E-state index contributed by atoms with van der Waals surface area (Å²) in [5.41, 5.74) is 6.26. The number of benzene rings is 2. The molecule has 0 unspecified atom stereocenters. The van der Waals surface area contributed by atoms with Crippen molar-refractivity contribution in [1.82, 2.24) is 4.98 Å². The van der Waals surface area contributed by atoms with E-state index in [1.165, 1.54) is 27.0 Å². The van der Waals surface area contributed by atoms with Crippen molar-refractivity contribution in [3.63, 3.8) is 0 Å². The number of aromatic nitrogens is 1. The predicted molar refractivity (Wildman–Crippen MR) is 79.3 cm³/mol. The highest BCUT2D eigenvalue weighted by molar-refractivity contribution is 7.21. The van der Waals surface area contributed by atoms with E-state index < -0.39 is 0 Å². The van der Waals surface area contributed by atoms with Crippen LogP contribution < -0.4 is 0 Å². The summed E-state index contributed by atoms with van der Waals surface area (Å²) in [7, 11) is 0. The third-order valence-corrected chi connectivity index (χ3v) is 4.44. The molecule has 0 fully saturated rings. The second-order valence-electron chi connectivity index (χ2n) is 4.74. The van der Waals surface area contributed by atoms with Gasteiger partial charge in [0.05, 0.1) is 10.2 Å². The Bertz CT molecular complexity index is 725. The zero-order chi connectivity index (χ0) is 12.7. The minimum absolute atomic E-state index is 1.11. The molecule has 0 radical (unpaired) electrons. The summed E-state index contributed by atoms with van der Waals surface area (Å²) in [6, 6.07) is 12.9. The number of nitrogens with zero attached hydrogens (tertiary/aromatic N) is 1. The van der Waals surface area contributed by atoms with E-state index in [1.807, 2.05) is 0 Å². The van der Waals surface area contributed by atoms with Crippen molar-refractivity contribution in [2.24, 2.45) is 0 Å². The number of hydrogen-bond acceptors (Lipinski definition) is 2. The van der Waals surface area contributed by atoms with E-state index in [0.717, 1.165) is 10.5 Å². The summed E-state index contributed by atoms with van der Waals surface area (Å²) in [6.45, 7) is 6.41. The van der Waals surface area contributed by atoms with Gasteiger partial charge in [0.2, 0.25) is 0 Å². The van der Waals surface area contributed by atoms with Gasteiger partial charge in [0.25, 0.3) is 0 Å². The smallest absolute Gasteiger partial charge is 0.124 e. The minimum atomic E-state index is 1.11. The molecule has 90 valence electrons. The maximum absolute atomic E-state index is 4.77. The van der Waals surface area contributed by atoms with Crippen LogP contribution in [0.3, 0.4) is 0 Å². The van der Waals surface area contributed by atoms with E-state index in [1.54, 1.807) is 11.3 Å². The van der Waals surface area contributed by atoms with Crippen molar-refractivity contribution in [3.8, 4) is 10.6 Å². The van der Waals surface area contributed by atoms with Gasteiger partial charge in [-0.15, -0.1) is 11.3 Å². The Morgan fingerprint density at radius 3 is 2.44 bits per heavy atom. The van der Waals surface area contributed by atoms with Gasteiger partial charge in [0.15, 0.2) is 0 Å². The van der Waals surface area contributed by atoms with Gasteiger partial charge in [-0.05, 0) is 49.6 Å². The Morgan fingerprint density at radius 2 is 1.72 bits per heavy atom. The van der Waals surface area contributed by atoms with Crippen molar-refractivity contribution >= 4 is 21.6 Å². The van der Waals surface area contributed by atoms with Gasteiger partial charge in [-0.3, -0.25) is 0 Å². The van der Waals surface area contributed by atoms with Crippen molar-refractivity contribution in [3.05, 3.63) is 53.1 Å². The quantitative estimate of drug-likeness (QED) is 0.601. The van der Waals surface area contributed by atoms with Crippen molar-refractivity contribution in [2.75, 3.05) is 0 Å². The fourth-order valence-electron chi connectivity index (χ4n) is 2.08. The third-order valence-electron chi connectivity index (χ3n) is 3.37. The zero-order valence-corrected chi connectivity index (χ0v) is 11.6. The van der Waals surface area contributed by atoms with Crippen LogP contribution >= 0.6 is 11.3 Å². The van der Waals surface area contributed by atoms with Gasteiger partial charge in [-0.25, -0.2) is 4.98 Å². The van der Waals surface area contributed by atoms with E-state index in [9.17, 15) is 0 Å². The standard InChI is InChI=1S/C16H15NS/c1-10-7-8-13(9-12(10)3)16-17-15-11(2)5-4-6-14(15)18-16/h4-9H,1-3H3. The first-order valence-corrected chi connectivity index (χ1v) is 6.90. The maximum atomic E-state index is 4.77. The molecule has 0 bridgehead atoms. The van der Waals surface area contributed by atoms with Crippen molar-refractivity contribution in [2.45, 2.75) is 20.8 Å². The molecule has 0 amide bonds. The topological polar surface area (TPSA) is 12.9 Å². The molecule has 2 heteroatoms. The van der Waals surface area contributed by atoms with Crippen LogP contribution in [0, 0.1) is 20.8 Å². The number of aryl methyl sites for hydroxylation is 3. The SMILES string of the molecule is Cc1ccc(-c2nc3c(C)cccc3s2)cc1C. The van der Waals surface area contributed by atoms with Crippen LogP contribution in [0.15, 0.2) is 36.4 Å². The number of rotatable bonds is 1. The Labute approximate surface area is 111 Å². The summed E-state index contributed by atoms with van der Waals surface area (Å²) >= 11 is 1.77. The molecule has 0 aliphatic heterocycles. The van der Waals surface area contributed by atoms with E-state index in [4.69, 9.17) is 4.98 Å². The fourth-order valence-corrected chi connectivity index (χ4v) is 3.12. The highest BCUT2D eigenvalue weighted by Crippen LogP contribution is 2.32. The minimum Gasteiger partial charge on any atom is -0.236 e. The molecular formula is C16H15NS. The van der Waals surface area contributed by atoms with Gasteiger partial charge in [0, 0.05) is 5.56 Å². The molecule has 3 rings (SSSR count). The van der Waals surface area contributed by atoms with Crippen molar-refractivity contribution in [1.29, 1.82) is 0 Å². The fraction of sp³-hybridized carbons (Fsp3) is 0.188. The molecule has 0 atom stereocenters. The van der Waals surface area contributed by atoms with E-state index in [0.29, 0.717) is 0 Å². The first kappa shape index (κ1) is 11.4. The van der Waals surface area contributed by atoms with Gasteiger partial charge in [-0.1, -0.05) is 24.3 Å². The van der Waals surface area contributed by atoms with Crippen molar-refractivity contribution < 1.29 is 0 Å². The molecule has 1 heterocycles. The molecule has 0 spiro atoms. The summed E-state index contributed by atoms with van der Waals surface area (Å²) in [6.07, 6.45) is 0. The van der Waals surface area contributed by atoms with Crippen LogP contribution in [0.5, 0.6) is 0 Å². The molecule has 3 aromatic rings. The summed E-state index contributed by atoms with van der Waals surface area (Å²) < 4.78 is 1.27. The normalized spacial score (nSPS) is 11.1. The molecular weight excluding hydrogens is 238 g/mol. The lowest BCUT2D eigenvalue weighted by molar-refractivity contribution is 1.33. The molecule has 0 saturated carbocycles. The van der Waals surface area contributed by atoms with Crippen LogP contribution in [0.2, 0.25) is 0 Å². The maximum Gasteiger partial charge on any atom is 0.124 e. The molecule has 0 aliphatic carbocycles. The van der Waals surface area contributed by atoms with Crippen LogP contribution in [-0.2, 0) is 0 Å². The summed E-state index contributed by atoms with van der Waals surface area (Å²) in [5.74, 6) is 0. The lowest BCUT2D eigenvalue weighted by Crippen LogP contribution is -1.83. The second kappa shape index (κ2) is 4.21. The van der Waals surface area contributed by atoms with Gasteiger partial charge < -0.3 is 0 Å². The number of hydrogen-bond donors (Lipinski definition) is 0. The van der Waals surface area contributed by atoms with Gasteiger partial charge in [-0.2, -0.15) is 0 Å². The Morgan fingerprint density at radius 1 is 0.889 bits per heavy atom. The van der Waals surface area contributed by atoms with Gasteiger partial charge >= 0.3 is 0 Å². The van der Waals surface area contributed by atoms with Gasteiger partial charge in [0.1, 0.15) is 5.01 Å².